The van der Waals surface area contributed by atoms with Crippen LogP contribution in [0.25, 0.3) is 5.78 Å². The van der Waals surface area contributed by atoms with Gasteiger partial charge in [0.25, 0.3) is 5.78 Å². The fourth-order valence-corrected chi connectivity index (χ4v) is 3.10. The van der Waals surface area contributed by atoms with Gasteiger partial charge in [-0.25, -0.2) is 9.50 Å². The van der Waals surface area contributed by atoms with Crippen molar-refractivity contribution >= 4 is 11.7 Å². The van der Waals surface area contributed by atoms with Gasteiger partial charge in [0.15, 0.2) is 0 Å². The summed E-state index contributed by atoms with van der Waals surface area (Å²) in [6, 6.07) is 0.343. The van der Waals surface area contributed by atoms with Crippen LogP contribution < -0.4 is 5.32 Å². The minimum absolute atomic E-state index is 0.0781. The lowest BCUT2D eigenvalue weighted by atomic mass is 9.95. The van der Waals surface area contributed by atoms with Crippen molar-refractivity contribution in [1.29, 1.82) is 0 Å². The summed E-state index contributed by atoms with van der Waals surface area (Å²) in [5.41, 5.74) is 2.74. The quantitative estimate of drug-likeness (QED) is 0.933. The Morgan fingerprint density at radius 1 is 1.33 bits per heavy atom. The Morgan fingerprint density at radius 2 is 2.10 bits per heavy atom. The summed E-state index contributed by atoms with van der Waals surface area (Å²) in [5, 5.41) is 7.31. The first-order valence-electron chi connectivity index (χ1n) is 7.60. The van der Waals surface area contributed by atoms with E-state index in [1.54, 1.807) is 4.52 Å². The highest BCUT2D eigenvalue weighted by Gasteiger charge is 2.18. The van der Waals surface area contributed by atoms with Gasteiger partial charge in [-0.05, 0) is 26.7 Å². The lowest BCUT2D eigenvalue weighted by Crippen LogP contribution is -2.37. The smallest absolute Gasteiger partial charge is 0.252 e. The molecule has 1 aliphatic carbocycles. The maximum absolute atomic E-state index is 12.3. The molecule has 1 amide bonds. The number of carbonyl (C=O) groups is 1. The molecule has 6 nitrogen and oxygen atoms in total. The first-order chi connectivity index (χ1) is 10.1. The predicted octanol–water partition coefficient (Wildman–Crippen LogP) is 1.73. The summed E-state index contributed by atoms with van der Waals surface area (Å²) in [7, 11) is 0. The molecule has 1 aliphatic rings. The molecule has 0 unspecified atom stereocenters. The van der Waals surface area contributed by atoms with E-state index in [4.69, 9.17) is 0 Å². The summed E-state index contributed by atoms with van der Waals surface area (Å²) < 4.78 is 1.69. The van der Waals surface area contributed by atoms with E-state index in [2.05, 4.69) is 20.4 Å². The minimum Gasteiger partial charge on any atom is -0.353 e. The second kappa shape index (κ2) is 5.79. The lowest BCUT2D eigenvalue weighted by molar-refractivity contribution is -0.121. The van der Waals surface area contributed by atoms with E-state index in [-0.39, 0.29) is 5.91 Å². The maximum atomic E-state index is 12.3. The summed E-state index contributed by atoms with van der Waals surface area (Å²) >= 11 is 0. The fourth-order valence-electron chi connectivity index (χ4n) is 3.10. The summed E-state index contributed by atoms with van der Waals surface area (Å²) in [5.74, 6) is 0.663. The van der Waals surface area contributed by atoms with Crippen molar-refractivity contribution in [3.8, 4) is 0 Å². The van der Waals surface area contributed by atoms with E-state index < -0.39 is 0 Å². The molecule has 2 aromatic rings. The molecule has 6 heteroatoms. The Bertz CT molecular complexity index is 657. The number of amides is 1. The highest BCUT2D eigenvalue weighted by molar-refractivity contribution is 5.79. The average molecular weight is 287 g/mol. The Hall–Kier alpha value is -1.98. The van der Waals surface area contributed by atoms with Crippen LogP contribution in [0.3, 0.4) is 0 Å². The molecule has 0 radical (unpaired) electrons. The van der Waals surface area contributed by atoms with Crippen LogP contribution in [-0.2, 0) is 11.2 Å². The lowest BCUT2D eigenvalue weighted by Gasteiger charge is -2.23. The molecule has 112 valence electrons. The number of fused-ring (bicyclic) bond motifs is 1. The van der Waals surface area contributed by atoms with Crippen molar-refractivity contribution in [2.75, 3.05) is 0 Å². The van der Waals surface area contributed by atoms with Crippen LogP contribution in [0.15, 0.2) is 6.33 Å². The van der Waals surface area contributed by atoms with Crippen molar-refractivity contribution < 1.29 is 4.79 Å². The van der Waals surface area contributed by atoms with Gasteiger partial charge in [0.05, 0.1) is 6.42 Å². The molecule has 0 aliphatic heterocycles. The van der Waals surface area contributed by atoms with Crippen LogP contribution >= 0.6 is 0 Å². The number of aryl methyl sites for hydroxylation is 2. The van der Waals surface area contributed by atoms with E-state index in [0.717, 1.165) is 29.8 Å². The Labute approximate surface area is 124 Å². The maximum Gasteiger partial charge on any atom is 0.252 e. The summed E-state index contributed by atoms with van der Waals surface area (Å²) in [6.07, 6.45) is 7.77. The number of hydrogen-bond acceptors (Lipinski definition) is 4. The van der Waals surface area contributed by atoms with Gasteiger partial charge in [-0.1, -0.05) is 19.3 Å². The number of rotatable bonds is 3. The molecule has 1 saturated carbocycles. The van der Waals surface area contributed by atoms with Gasteiger partial charge in [0.2, 0.25) is 5.91 Å². The van der Waals surface area contributed by atoms with Crippen LogP contribution in [0.5, 0.6) is 0 Å². The number of aromatic nitrogens is 4. The molecule has 0 bridgehead atoms. The molecular formula is C15H21N5O. The molecule has 1 N–H and O–H groups in total. The Morgan fingerprint density at radius 3 is 2.86 bits per heavy atom. The number of nitrogens with zero attached hydrogens (tertiary/aromatic N) is 4. The molecule has 1 fully saturated rings. The van der Waals surface area contributed by atoms with Crippen LogP contribution in [0.2, 0.25) is 0 Å². The Kier molecular flexibility index (Phi) is 3.86. The predicted molar refractivity (Wildman–Crippen MR) is 79.0 cm³/mol. The Balaban J connectivity index is 1.76. The van der Waals surface area contributed by atoms with Crippen LogP contribution in [0.1, 0.15) is 49.1 Å². The average Bonchev–Trinajstić information content (AvgIpc) is 2.93. The molecule has 0 saturated heterocycles. The zero-order chi connectivity index (χ0) is 14.8. The van der Waals surface area contributed by atoms with Crippen LogP contribution in [0, 0.1) is 13.8 Å². The third kappa shape index (κ3) is 2.89. The molecule has 0 aromatic carbocycles. The van der Waals surface area contributed by atoms with E-state index in [1.165, 1.54) is 25.6 Å². The van der Waals surface area contributed by atoms with Crippen LogP contribution in [0.4, 0.5) is 0 Å². The summed E-state index contributed by atoms with van der Waals surface area (Å²) in [6.45, 7) is 3.88. The highest BCUT2D eigenvalue weighted by atomic mass is 16.1. The zero-order valence-corrected chi connectivity index (χ0v) is 12.6. The van der Waals surface area contributed by atoms with Gasteiger partial charge in [-0.15, -0.1) is 0 Å². The van der Waals surface area contributed by atoms with E-state index >= 15 is 0 Å². The molecule has 21 heavy (non-hydrogen) atoms. The first-order valence-corrected chi connectivity index (χ1v) is 7.60. The van der Waals surface area contributed by atoms with Gasteiger partial charge in [0, 0.05) is 23.0 Å². The molecule has 3 rings (SSSR count). The number of hydrogen-bond donors (Lipinski definition) is 1. The first kappa shape index (κ1) is 14.0. The van der Waals surface area contributed by atoms with Crippen molar-refractivity contribution in [3.63, 3.8) is 0 Å². The SMILES string of the molecule is Cc1nc2ncnn2c(C)c1CC(=O)NC1CCCCC1. The molecular weight excluding hydrogens is 266 g/mol. The van der Waals surface area contributed by atoms with E-state index in [1.807, 2.05) is 13.8 Å². The highest BCUT2D eigenvalue weighted by Crippen LogP contribution is 2.18. The third-order valence-corrected chi connectivity index (χ3v) is 4.30. The number of carbonyl (C=O) groups excluding carboxylic acids is 1. The van der Waals surface area contributed by atoms with Crippen molar-refractivity contribution in [2.24, 2.45) is 0 Å². The normalized spacial score (nSPS) is 16.3. The fraction of sp³-hybridized carbons (Fsp3) is 0.600. The molecule has 2 aromatic heterocycles. The minimum atomic E-state index is 0.0781. The monoisotopic (exact) mass is 287 g/mol. The molecule has 2 heterocycles. The van der Waals surface area contributed by atoms with Gasteiger partial charge < -0.3 is 5.32 Å². The molecule has 0 spiro atoms. The van der Waals surface area contributed by atoms with Crippen molar-refractivity contribution in [1.82, 2.24) is 24.9 Å². The zero-order valence-electron chi connectivity index (χ0n) is 12.6. The summed E-state index contributed by atoms with van der Waals surface area (Å²) in [4.78, 5) is 20.8. The van der Waals surface area contributed by atoms with Crippen LogP contribution in [-0.4, -0.2) is 31.5 Å². The van der Waals surface area contributed by atoms with Crippen molar-refractivity contribution in [3.05, 3.63) is 23.3 Å². The van der Waals surface area contributed by atoms with E-state index in [0.29, 0.717) is 18.2 Å². The topological polar surface area (TPSA) is 72.2 Å². The standard InChI is InChI=1S/C15H21N5O/c1-10-13(11(2)20-15(18-10)16-9-17-20)8-14(21)19-12-6-4-3-5-7-12/h9,12H,3-8H2,1-2H3,(H,19,21). The van der Waals surface area contributed by atoms with E-state index in [9.17, 15) is 4.79 Å². The second-order valence-corrected chi connectivity index (χ2v) is 5.81. The molecule has 0 atom stereocenters. The van der Waals surface area contributed by atoms with Gasteiger partial charge >= 0.3 is 0 Å². The van der Waals surface area contributed by atoms with Gasteiger partial charge in [-0.3, -0.25) is 4.79 Å². The van der Waals surface area contributed by atoms with Gasteiger partial charge in [0.1, 0.15) is 6.33 Å². The van der Waals surface area contributed by atoms with Gasteiger partial charge in [-0.2, -0.15) is 10.1 Å². The number of nitrogens with one attached hydrogen (secondary N) is 1. The van der Waals surface area contributed by atoms with Crippen molar-refractivity contribution in [2.45, 2.75) is 58.4 Å². The second-order valence-electron chi connectivity index (χ2n) is 5.81. The third-order valence-electron chi connectivity index (χ3n) is 4.30. The largest absolute Gasteiger partial charge is 0.353 e.